The van der Waals surface area contributed by atoms with Crippen molar-refractivity contribution in [3.63, 3.8) is 0 Å². The summed E-state index contributed by atoms with van der Waals surface area (Å²) < 4.78 is 5.62. The molecule has 0 radical (unpaired) electrons. The van der Waals surface area contributed by atoms with Crippen LogP contribution < -0.4 is 5.32 Å². The third-order valence-corrected chi connectivity index (χ3v) is 3.74. The molecule has 0 aromatic heterocycles. The predicted molar refractivity (Wildman–Crippen MR) is 63.7 cm³/mol. The Labute approximate surface area is 102 Å². The molecule has 2 fully saturated rings. The number of hydrogen-bond acceptors (Lipinski definition) is 4. The molecule has 0 spiro atoms. The number of aliphatic hydroxyl groups is 1. The molecule has 2 aliphatic rings. The van der Waals surface area contributed by atoms with E-state index in [0.29, 0.717) is 25.9 Å². The van der Waals surface area contributed by atoms with Gasteiger partial charge in [-0.15, -0.1) is 0 Å². The first kappa shape index (κ1) is 12.8. The van der Waals surface area contributed by atoms with Crippen LogP contribution in [0.25, 0.3) is 0 Å². The topological polar surface area (TPSA) is 61.8 Å². The molecule has 0 aliphatic carbocycles. The summed E-state index contributed by atoms with van der Waals surface area (Å²) in [6, 6.07) is 0. The zero-order valence-corrected chi connectivity index (χ0v) is 10.7. The van der Waals surface area contributed by atoms with Crippen molar-refractivity contribution in [2.24, 2.45) is 0 Å². The molecule has 2 heterocycles. The number of rotatable bonds is 3. The van der Waals surface area contributed by atoms with Crippen LogP contribution in [0.2, 0.25) is 0 Å². The fourth-order valence-electron chi connectivity index (χ4n) is 2.14. The summed E-state index contributed by atoms with van der Waals surface area (Å²) >= 11 is 0. The first-order valence-corrected chi connectivity index (χ1v) is 6.25. The van der Waals surface area contributed by atoms with Gasteiger partial charge in [-0.1, -0.05) is 0 Å². The monoisotopic (exact) mass is 242 g/mol. The van der Waals surface area contributed by atoms with E-state index in [9.17, 15) is 9.90 Å². The molecule has 2 N–H and O–H groups in total. The average Bonchev–Trinajstić information content (AvgIpc) is 2.23. The SMILES string of the molecule is CC1(O)CCN(C(=O)COC2(C)CNC2)CC1. The first-order chi connectivity index (χ1) is 7.90. The van der Waals surface area contributed by atoms with Gasteiger partial charge >= 0.3 is 0 Å². The van der Waals surface area contributed by atoms with Gasteiger partial charge in [0.2, 0.25) is 5.91 Å². The van der Waals surface area contributed by atoms with Gasteiger partial charge in [-0.05, 0) is 26.7 Å². The Kier molecular flexibility index (Phi) is 3.43. The second-order valence-corrected chi connectivity index (χ2v) is 5.72. The largest absolute Gasteiger partial charge is 0.390 e. The highest BCUT2D eigenvalue weighted by Gasteiger charge is 2.34. The van der Waals surface area contributed by atoms with Crippen molar-refractivity contribution in [3.8, 4) is 0 Å². The van der Waals surface area contributed by atoms with Crippen LogP contribution in [0.15, 0.2) is 0 Å². The van der Waals surface area contributed by atoms with Crippen molar-refractivity contribution in [3.05, 3.63) is 0 Å². The molecule has 0 bridgehead atoms. The number of piperidine rings is 1. The number of nitrogens with zero attached hydrogens (tertiary/aromatic N) is 1. The van der Waals surface area contributed by atoms with Gasteiger partial charge in [-0.2, -0.15) is 0 Å². The average molecular weight is 242 g/mol. The maximum absolute atomic E-state index is 11.9. The number of carbonyl (C=O) groups is 1. The van der Waals surface area contributed by atoms with Crippen molar-refractivity contribution in [2.45, 2.75) is 37.9 Å². The number of ether oxygens (including phenoxy) is 1. The molecular formula is C12H22N2O3. The highest BCUT2D eigenvalue weighted by Crippen LogP contribution is 2.21. The van der Waals surface area contributed by atoms with E-state index in [1.807, 2.05) is 13.8 Å². The normalized spacial score (nSPS) is 26.4. The maximum atomic E-state index is 11.9. The van der Waals surface area contributed by atoms with Crippen LogP contribution in [0.5, 0.6) is 0 Å². The molecule has 2 aliphatic heterocycles. The van der Waals surface area contributed by atoms with Gasteiger partial charge in [0.25, 0.3) is 0 Å². The molecule has 0 unspecified atom stereocenters. The van der Waals surface area contributed by atoms with Crippen molar-refractivity contribution >= 4 is 5.91 Å². The predicted octanol–water partition coefficient (Wildman–Crippen LogP) is -0.262. The lowest BCUT2D eigenvalue weighted by Crippen LogP contribution is -2.60. The Morgan fingerprint density at radius 2 is 1.94 bits per heavy atom. The molecule has 5 nitrogen and oxygen atoms in total. The van der Waals surface area contributed by atoms with Crippen LogP contribution in [0, 0.1) is 0 Å². The number of likely N-dealkylation sites (tertiary alicyclic amines) is 1. The number of amides is 1. The smallest absolute Gasteiger partial charge is 0.248 e. The lowest BCUT2D eigenvalue weighted by atomic mass is 9.94. The summed E-state index contributed by atoms with van der Waals surface area (Å²) in [6.07, 6.45) is 1.30. The fraction of sp³-hybridized carbons (Fsp3) is 0.917. The van der Waals surface area contributed by atoms with E-state index in [0.717, 1.165) is 13.1 Å². The lowest BCUT2D eigenvalue weighted by molar-refractivity contribution is -0.149. The quantitative estimate of drug-likeness (QED) is 0.716. The van der Waals surface area contributed by atoms with Gasteiger partial charge in [0.1, 0.15) is 6.61 Å². The number of nitrogens with one attached hydrogen (secondary N) is 1. The molecule has 0 aromatic rings. The minimum Gasteiger partial charge on any atom is -0.390 e. The number of carbonyl (C=O) groups excluding carboxylic acids is 1. The maximum Gasteiger partial charge on any atom is 0.248 e. The summed E-state index contributed by atoms with van der Waals surface area (Å²) in [5, 5.41) is 12.9. The Hall–Kier alpha value is -0.650. The lowest BCUT2D eigenvalue weighted by Gasteiger charge is -2.40. The molecule has 0 saturated carbocycles. The third kappa shape index (κ3) is 3.18. The van der Waals surface area contributed by atoms with Crippen molar-refractivity contribution in [1.29, 1.82) is 0 Å². The molecular weight excluding hydrogens is 220 g/mol. The van der Waals surface area contributed by atoms with Crippen LogP contribution in [-0.4, -0.2) is 59.9 Å². The van der Waals surface area contributed by atoms with E-state index in [1.165, 1.54) is 0 Å². The molecule has 17 heavy (non-hydrogen) atoms. The summed E-state index contributed by atoms with van der Waals surface area (Å²) in [5.74, 6) is 0.0358. The molecule has 5 heteroatoms. The van der Waals surface area contributed by atoms with Crippen LogP contribution in [-0.2, 0) is 9.53 Å². The van der Waals surface area contributed by atoms with Crippen LogP contribution in [0.4, 0.5) is 0 Å². The van der Waals surface area contributed by atoms with Gasteiger partial charge in [-0.3, -0.25) is 4.79 Å². The van der Waals surface area contributed by atoms with Crippen molar-refractivity contribution < 1.29 is 14.6 Å². The molecule has 0 atom stereocenters. The molecule has 98 valence electrons. The van der Waals surface area contributed by atoms with E-state index in [-0.39, 0.29) is 18.1 Å². The van der Waals surface area contributed by atoms with E-state index < -0.39 is 5.60 Å². The van der Waals surface area contributed by atoms with E-state index in [2.05, 4.69) is 5.32 Å². The molecule has 2 rings (SSSR count). The Balaban J connectivity index is 1.73. The van der Waals surface area contributed by atoms with Crippen LogP contribution >= 0.6 is 0 Å². The minimum absolute atomic E-state index is 0.0358. The standard InChI is InChI=1S/C12H22N2O3/c1-11(16)3-5-14(6-4-11)10(15)7-17-12(2)8-13-9-12/h13,16H,3-9H2,1-2H3. The van der Waals surface area contributed by atoms with Gasteiger partial charge in [0.05, 0.1) is 11.2 Å². The summed E-state index contributed by atoms with van der Waals surface area (Å²) in [7, 11) is 0. The third-order valence-electron chi connectivity index (χ3n) is 3.74. The van der Waals surface area contributed by atoms with Crippen LogP contribution in [0.1, 0.15) is 26.7 Å². The second-order valence-electron chi connectivity index (χ2n) is 5.72. The zero-order valence-electron chi connectivity index (χ0n) is 10.7. The summed E-state index contributed by atoms with van der Waals surface area (Å²) in [5.41, 5.74) is -0.779. The van der Waals surface area contributed by atoms with Gasteiger partial charge in [0, 0.05) is 26.2 Å². The molecule has 1 amide bonds. The minimum atomic E-state index is -0.610. The highest BCUT2D eigenvalue weighted by molar-refractivity contribution is 5.77. The Morgan fingerprint density at radius 1 is 1.35 bits per heavy atom. The summed E-state index contributed by atoms with van der Waals surface area (Å²) in [6.45, 7) is 6.88. The van der Waals surface area contributed by atoms with Gasteiger partial charge in [-0.25, -0.2) is 0 Å². The zero-order chi connectivity index (χ0) is 12.5. The Morgan fingerprint density at radius 3 is 2.41 bits per heavy atom. The van der Waals surface area contributed by atoms with Crippen LogP contribution in [0.3, 0.4) is 0 Å². The second kappa shape index (κ2) is 4.55. The first-order valence-electron chi connectivity index (χ1n) is 6.25. The molecule has 2 saturated heterocycles. The summed E-state index contributed by atoms with van der Waals surface area (Å²) in [4.78, 5) is 13.7. The van der Waals surface area contributed by atoms with E-state index in [4.69, 9.17) is 4.74 Å². The molecule has 0 aromatic carbocycles. The number of hydrogen-bond donors (Lipinski definition) is 2. The Bertz CT molecular complexity index is 290. The highest BCUT2D eigenvalue weighted by atomic mass is 16.5. The van der Waals surface area contributed by atoms with E-state index in [1.54, 1.807) is 4.90 Å². The fourth-order valence-corrected chi connectivity index (χ4v) is 2.14. The van der Waals surface area contributed by atoms with E-state index >= 15 is 0 Å². The van der Waals surface area contributed by atoms with Gasteiger partial charge < -0.3 is 20.1 Å². The van der Waals surface area contributed by atoms with Crippen molar-refractivity contribution in [2.75, 3.05) is 32.8 Å². The van der Waals surface area contributed by atoms with Gasteiger partial charge in [0.15, 0.2) is 0 Å². The van der Waals surface area contributed by atoms with Crippen molar-refractivity contribution in [1.82, 2.24) is 10.2 Å².